The van der Waals surface area contributed by atoms with Gasteiger partial charge in [0.1, 0.15) is 5.69 Å². The van der Waals surface area contributed by atoms with Gasteiger partial charge in [-0.2, -0.15) is 10.2 Å². The number of amides is 1. The van der Waals surface area contributed by atoms with Gasteiger partial charge in [0.2, 0.25) is 11.7 Å². The van der Waals surface area contributed by atoms with Crippen molar-refractivity contribution in [3.8, 4) is 11.5 Å². The molecule has 3 rings (SSSR count). The van der Waals surface area contributed by atoms with E-state index in [1.54, 1.807) is 26.1 Å². The number of hydrogen-bond acceptors (Lipinski definition) is 8. The normalized spacial score (nSPS) is 14.9. The first kappa shape index (κ1) is 19.1. The van der Waals surface area contributed by atoms with Crippen LogP contribution in [0.2, 0.25) is 0 Å². The second kappa shape index (κ2) is 7.55. The number of nitrogens with zero attached hydrogens (tertiary/aromatic N) is 4. The third-order valence-electron chi connectivity index (χ3n) is 4.37. The molecule has 2 N–H and O–H groups in total. The maximum Gasteiger partial charge on any atom is 0.335 e. The van der Waals surface area contributed by atoms with Crippen molar-refractivity contribution < 1.29 is 19.2 Å². The zero-order valence-corrected chi connectivity index (χ0v) is 15.9. The maximum atomic E-state index is 12.1. The highest BCUT2D eigenvalue weighted by Gasteiger charge is 2.25. The van der Waals surface area contributed by atoms with E-state index >= 15 is 0 Å². The number of benzene rings is 1. The van der Waals surface area contributed by atoms with Gasteiger partial charge in [0.05, 0.1) is 30.5 Å². The van der Waals surface area contributed by atoms with Crippen LogP contribution in [-0.2, 0) is 11.8 Å². The fourth-order valence-electron chi connectivity index (χ4n) is 3.03. The van der Waals surface area contributed by atoms with Crippen molar-refractivity contribution >= 4 is 28.8 Å². The van der Waals surface area contributed by atoms with Gasteiger partial charge in [-0.25, -0.2) is 4.68 Å². The van der Waals surface area contributed by atoms with Crippen molar-refractivity contribution in [3.05, 3.63) is 33.5 Å². The molecule has 0 bridgehead atoms. The van der Waals surface area contributed by atoms with Gasteiger partial charge in [0.15, 0.2) is 11.5 Å². The highest BCUT2D eigenvalue weighted by atomic mass is 16.6. The molecule has 0 aliphatic carbocycles. The van der Waals surface area contributed by atoms with Crippen LogP contribution >= 0.6 is 0 Å². The molecule has 0 spiro atoms. The van der Waals surface area contributed by atoms with E-state index in [-0.39, 0.29) is 29.5 Å². The number of nitro groups is 1. The molecule has 0 fully saturated rings. The van der Waals surface area contributed by atoms with E-state index in [4.69, 9.17) is 9.47 Å². The molecule has 0 atom stereocenters. The van der Waals surface area contributed by atoms with E-state index in [9.17, 15) is 14.9 Å². The summed E-state index contributed by atoms with van der Waals surface area (Å²) in [4.78, 5) is 22.9. The number of hydrogen-bond donors (Lipinski definition) is 2. The van der Waals surface area contributed by atoms with Crippen molar-refractivity contribution in [2.24, 2.45) is 12.1 Å². The number of rotatable bonds is 5. The van der Waals surface area contributed by atoms with Crippen molar-refractivity contribution in [1.82, 2.24) is 9.78 Å². The first-order valence-electron chi connectivity index (χ1n) is 8.42. The van der Waals surface area contributed by atoms with Crippen molar-refractivity contribution in [2.75, 3.05) is 25.0 Å². The standard InChI is InChI=1S/C17H20N6O5/c1-9-16(23(25)26)17(22(2)21-9)20-19-11-5-6-15(24)18-12-8-14(28-4)13(27-3)7-10(11)12/h7-8,20H,5-6H2,1-4H3,(H,18,24)/b19-11-. The fourth-order valence-corrected chi connectivity index (χ4v) is 3.03. The van der Waals surface area contributed by atoms with Crippen LogP contribution in [0.4, 0.5) is 17.2 Å². The third kappa shape index (κ3) is 3.46. The molecular formula is C17H20N6O5. The highest BCUT2D eigenvalue weighted by Crippen LogP contribution is 2.36. The van der Waals surface area contributed by atoms with E-state index < -0.39 is 4.92 Å². The SMILES string of the molecule is COc1cc2c(cc1OC)/C(=N\Nc1c([N+](=O)[O-])c(C)nn1C)CCC(=O)N2. The lowest BCUT2D eigenvalue weighted by atomic mass is 10.0. The van der Waals surface area contributed by atoms with Gasteiger partial charge in [0, 0.05) is 31.5 Å². The molecule has 148 valence electrons. The van der Waals surface area contributed by atoms with Crippen LogP contribution < -0.4 is 20.2 Å². The quantitative estimate of drug-likeness (QED) is 0.592. The Morgan fingerprint density at radius 3 is 2.61 bits per heavy atom. The minimum absolute atomic E-state index is 0.151. The van der Waals surface area contributed by atoms with Gasteiger partial charge < -0.3 is 14.8 Å². The van der Waals surface area contributed by atoms with Crippen LogP contribution in [-0.4, -0.2) is 40.5 Å². The lowest BCUT2D eigenvalue weighted by molar-refractivity contribution is -0.384. The van der Waals surface area contributed by atoms with Gasteiger partial charge in [-0.05, 0) is 13.0 Å². The van der Waals surface area contributed by atoms with Gasteiger partial charge in [-0.15, -0.1) is 0 Å². The number of anilines is 2. The summed E-state index contributed by atoms with van der Waals surface area (Å²) in [6.07, 6.45) is 0.554. The summed E-state index contributed by atoms with van der Waals surface area (Å²) in [5, 5.41) is 22.6. The summed E-state index contributed by atoms with van der Waals surface area (Å²) in [5.41, 5.74) is 4.57. The lowest BCUT2D eigenvalue weighted by Gasteiger charge is -2.14. The highest BCUT2D eigenvalue weighted by molar-refractivity contribution is 6.12. The Bertz CT molecular complexity index is 981. The molecule has 11 heteroatoms. The number of fused-ring (bicyclic) bond motifs is 1. The Labute approximate surface area is 160 Å². The first-order valence-corrected chi connectivity index (χ1v) is 8.42. The largest absolute Gasteiger partial charge is 0.493 e. The summed E-state index contributed by atoms with van der Waals surface area (Å²) in [6.45, 7) is 1.55. The first-order chi connectivity index (χ1) is 13.3. The van der Waals surface area contributed by atoms with Crippen LogP contribution in [0.5, 0.6) is 11.5 Å². The second-order valence-corrected chi connectivity index (χ2v) is 6.13. The maximum absolute atomic E-state index is 12.1. The summed E-state index contributed by atoms with van der Waals surface area (Å²) < 4.78 is 12.0. The van der Waals surface area contributed by atoms with Crippen molar-refractivity contribution in [3.63, 3.8) is 0 Å². The smallest absolute Gasteiger partial charge is 0.335 e. The molecule has 1 aliphatic heterocycles. The Balaban J connectivity index is 2.06. The number of methoxy groups -OCH3 is 2. The number of carbonyl (C=O) groups is 1. The van der Waals surface area contributed by atoms with Crippen LogP contribution in [0.25, 0.3) is 0 Å². The lowest BCUT2D eigenvalue weighted by Crippen LogP contribution is -2.09. The predicted octanol–water partition coefficient (Wildman–Crippen LogP) is 2.20. The number of hydrazone groups is 1. The van der Waals surface area contributed by atoms with Crippen LogP contribution in [0.15, 0.2) is 17.2 Å². The van der Waals surface area contributed by atoms with Crippen LogP contribution in [0.1, 0.15) is 24.1 Å². The van der Waals surface area contributed by atoms with E-state index in [1.807, 2.05) is 0 Å². The fraction of sp³-hybridized carbons (Fsp3) is 0.353. The number of nitrogens with one attached hydrogen (secondary N) is 2. The van der Waals surface area contributed by atoms with E-state index in [2.05, 4.69) is 20.9 Å². The summed E-state index contributed by atoms with van der Waals surface area (Å²) in [7, 11) is 4.60. The Morgan fingerprint density at radius 1 is 1.29 bits per heavy atom. The number of aryl methyl sites for hydroxylation is 2. The second-order valence-electron chi connectivity index (χ2n) is 6.13. The molecule has 1 aromatic heterocycles. The summed E-state index contributed by atoms with van der Waals surface area (Å²) in [6, 6.07) is 3.37. The monoisotopic (exact) mass is 388 g/mol. The van der Waals surface area contributed by atoms with E-state index in [0.717, 1.165) is 0 Å². The molecule has 2 aromatic rings. The van der Waals surface area contributed by atoms with Gasteiger partial charge in [0.25, 0.3) is 0 Å². The minimum Gasteiger partial charge on any atom is -0.493 e. The van der Waals surface area contributed by atoms with Gasteiger partial charge in [-0.3, -0.25) is 20.3 Å². The third-order valence-corrected chi connectivity index (χ3v) is 4.37. The Morgan fingerprint density at radius 2 is 1.96 bits per heavy atom. The summed E-state index contributed by atoms with van der Waals surface area (Å²) in [5.74, 6) is 0.933. The Hall–Kier alpha value is -3.63. The van der Waals surface area contributed by atoms with Crippen molar-refractivity contribution in [2.45, 2.75) is 19.8 Å². The molecule has 28 heavy (non-hydrogen) atoms. The zero-order chi connectivity index (χ0) is 20.4. The summed E-state index contributed by atoms with van der Waals surface area (Å²) >= 11 is 0. The van der Waals surface area contributed by atoms with E-state index in [1.165, 1.54) is 18.9 Å². The molecule has 0 radical (unpaired) electrons. The molecule has 0 saturated carbocycles. The Kier molecular flexibility index (Phi) is 5.16. The molecule has 11 nitrogen and oxygen atoms in total. The van der Waals surface area contributed by atoms with Crippen LogP contribution in [0, 0.1) is 17.0 Å². The number of ether oxygens (including phenoxy) is 2. The van der Waals surface area contributed by atoms with E-state index in [0.29, 0.717) is 34.9 Å². The molecule has 0 saturated heterocycles. The number of carbonyl (C=O) groups excluding carboxylic acids is 1. The predicted molar refractivity (Wildman–Crippen MR) is 102 cm³/mol. The minimum atomic E-state index is -0.509. The molecule has 1 aliphatic rings. The zero-order valence-electron chi connectivity index (χ0n) is 15.9. The average Bonchev–Trinajstić information content (AvgIpc) is 2.85. The van der Waals surface area contributed by atoms with Crippen molar-refractivity contribution in [1.29, 1.82) is 0 Å². The molecule has 1 aromatic carbocycles. The molecule has 1 amide bonds. The van der Waals surface area contributed by atoms with Crippen LogP contribution in [0.3, 0.4) is 0 Å². The average molecular weight is 388 g/mol. The number of aromatic nitrogens is 2. The van der Waals surface area contributed by atoms with Gasteiger partial charge >= 0.3 is 5.69 Å². The molecule has 2 heterocycles. The van der Waals surface area contributed by atoms with Gasteiger partial charge in [-0.1, -0.05) is 0 Å². The molecular weight excluding hydrogens is 368 g/mol. The topological polar surface area (TPSA) is 133 Å². The molecule has 0 unspecified atom stereocenters.